The van der Waals surface area contributed by atoms with E-state index in [1.54, 1.807) is 30.3 Å². The third-order valence-electron chi connectivity index (χ3n) is 4.43. The quantitative estimate of drug-likeness (QED) is 0.573. The molecular weight excluding hydrogens is 419 g/mol. The molecule has 0 aromatic heterocycles. The van der Waals surface area contributed by atoms with Crippen LogP contribution in [0.5, 0.6) is 0 Å². The Hall–Kier alpha value is -2.90. The van der Waals surface area contributed by atoms with Crippen molar-refractivity contribution in [3.05, 3.63) is 63.6 Å². The zero-order valence-electron chi connectivity index (χ0n) is 15.4. The predicted molar refractivity (Wildman–Crippen MR) is 107 cm³/mol. The van der Waals surface area contributed by atoms with Gasteiger partial charge in [-0.25, -0.2) is 4.79 Å². The first-order valence-corrected chi connectivity index (χ1v) is 9.40. The number of hydrogen-bond acceptors (Lipinski definition) is 5. The van der Waals surface area contributed by atoms with Gasteiger partial charge in [-0.1, -0.05) is 41.4 Å². The lowest BCUT2D eigenvalue weighted by Gasteiger charge is -2.23. The summed E-state index contributed by atoms with van der Waals surface area (Å²) < 4.78 is 5.15. The second-order valence-electron chi connectivity index (χ2n) is 6.37. The Morgan fingerprint density at radius 2 is 1.55 bits per heavy atom. The Bertz CT molecular complexity index is 989. The molecule has 2 aromatic carbocycles. The van der Waals surface area contributed by atoms with Gasteiger partial charge in [-0.3, -0.25) is 19.3 Å². The van der Waals surface area contributed by atoms with Crippen LogP contribution in [0.2, 0.25) is 10.0 Å². The van der Waals surface area contributed by atoms with Crippen LogP contribution in [0.1, 0.15) is 34.6 Å². The maximum atomic E-state index is 12.5. The van der Waals surface area contributed by atoms with Gasteiger partial charge >= 0.3 is 5.97 Å². The molecule has 7 nitrogen and oxygen atoms in total. The molecule has 1 aliphatic rings. The second kappa shape index (κ2) is 8.23. The van der Waals surface area contributed by atoms with Gasteiger partial charge < -0.3 is 10.1 Å². The van der Waals surface area contributed by atoms with E-state index >= 15 is 0 Å². The number of amides is 3. The molecule has 9 heteroatoms. The number of nitrogens with zero attached hydrogens (tertiary/aromatic N) is 1. The molecule has 0 bridgehead atoms. The Balaban J connectivity index is 1.67. The fourth-order valence-electron chi connectivity index (χ4n) is 2.83. The van der Waals surface area contributed by atoms with Crippen molar-refractivity contribution in [3.8, 4) is 0 Å². The lowest BCUT2D eigenvalue weighted by molar-refractivity contribution is -0.156. The van der Waals surface area contributed by atoms with Crippen LogP contribution in [0.25, 0.3) is 0 Å². The van der Waals surface area contributed by atoms with Crippen molar-refractivity contribution in [2.45, 2.75) is 26.0 Å². The molecule has 1 aliphatic heterocycles. The molecule has 1 heterocycles. The summed E-state index contributed by atoms with van der Waals surface area (Å²) in [6.07, 6.45) is -1.20. The van der Waals surface area contributed by atoms with Crippen LogP contribution >= 0.6 is 23.2 Å². The highest BCUT2D eigenvalue weighted by Crippen LogP contribution is 2.30. The standard InChI is InChI=1S/C20H16Cl2N2O5/c1-10(24-18(26)12-6-3-4-7-13(12)19(24)27)20(28)29-11(2)17(25)23-15-9-5-8-14(21)16(15)22/h3-11H,1-2H3,(H,23,25)/t10-,11-/m0/s1. The van der Waals surface area contributed by atoms with E-state index in [0.29, 0.717) is 0 Å². The number of fused-ring (bicyclic) bond motifs is 1. The van der Waals surface area contributed by atoms with E-state index in [0.717, 1.165) is 4.90 Å². The maximum absolute atomic E-state index is 12.5. The molecule has 0 unspecified atom stereocenters. The molecule has 0 aliphatic carbocycles. The molecule has 0 saturated carbocycles. The third-order valence-corrected chi connectivity index (χ3v) is 5.24. The van der Waals surface area contributed by atoms with Gasteiger partial charge in [0, 0.05) is 0 Å². The molecule has 3 rings (SSSR count). The number of nitrogens with one attached hydrogen (secondary N) is 1. The Morgan fingerprint density at radius 3 is 2.14 bits per heavy atom. The largest absolute Gasteiger partial charge is 0.451 e. The van der Waals surface area contributed by atoms with Crippen LogP contribution in [-0.4, -0.2) is 40.7 Å². The van der Waals surface area contributed by atoms with Crippen molar-refractivity contribution in [2.75, 3.05) is 5.32 Å². The minimum Gasteiger partial charge on any atom is -0.451 e. The fourth-order valence-corrected chi connectivity index (χ4v) is 3.17. The van der Waals surface area contributed by atoms with E-state index in [1.165, 1.54) is 26.0 Å². The van der Waals surface area contributed by atoms with Crippen molar-refractivity contribution in [3.63, 3.8) is 0 Å². The third kappa shape index (κ3) is 3.97. The summed E-state index contributed by atoms with van der Waals surface area (Å²) in [5.74, 6) is -2.70. The van der Waals surface area contributed by atoms with Crippen molar-refractivity contribution >= 4 is 52.6 Å². The van der Waals surface area contributed by atoms with Crippen LogP contribution in [0.3, 0.4) is 0 Å². The number of esters is 1. The lowest BCUT2D eigenvalue weighted by atomic mass is 10.1. The maximum Gasteiger partial charge on any atom is 0.329 e. The number of halogens is 2. The summed E-state index contributed by atoms with van der Waals surface area (Å²) in [5.41, 5.74) is 0.706. The number of rotatable bonds is 5. The van der Waals surface area contributed by atoms with E-state index in [1.807, 2.05) is 0 Å². The first-order valence-electron chi connectivity index (χ1n) is 8.64. The van der Waals surface area contributed by atoms with Gasteiger partial charge in [-0.05, 0) is 38.1 Å². The summed E-state index contributed by atoms with van der Waals surface area (Å²) in [7, 11) is 0. The molecule has 2 atom stereocenters. The number of carbonyl (C=O) groups excluding carboxylic acids is 4. The zero-order valence-corrected chi connectivity index (χ0v) is 17.0. The number of imide groups is 1. The first kappa shape index (κ1) is 20.8. The summed E-state index contributed by atoms with van der Waals surface area (Å²) >= 11 is 11.9. The monoisotopic (exact) mass is 434 g/mol. The number of carbonyl (C=O) groups is 4. The molecule has 1 N–H and O–H groups in total. The predicted octanol–water partition coefficient (Wildman–Crippen LogP) is 3.55. The van der Waals surface area contributed by atoms with E-state index in [4.69, 9.17) is 27.9 Å². The minimum atomic E-state index is -1.20. The van der Waals surface area contributed by atoms with Gasteiger partial charge in [-0.15, -0.1) is 0 Å². The highest BCUT2D eigenvalue weighted by atomic mass is 35.5. The topological polar surface area (TPSA) is 92.8 Å². The van der Waals surface area contributed by atoms with Gasteiger partial charge in [0.05, 0.1) is 26.9 Å². The van der Waals surface area contributed by atoms with Crippen LogP contribution in [0.15, 0.2) is 42.5 Å². The molecule has 0 radical (unpaired) electrons. The van der Waals surface area contributed by atoms with Crippen molar-refractivity contribution in [1.29, 1.82) is 0 Å². The van der Waals surface area contributed by atoms with Gasteiger partial charge in [0.25, 0.3) is 17.7 Å². The SMILES string of the molecule is C[C@H](OC(=O)[C@H](C)N1C(=O)c2ccccc2C1=O)C(=O)Nc1cccc(Cl)c1Cl. The Kier molecular flexibility index (Phi) is 5.91. The summed E-state index contributed by atoms with van der Waals surface area (Å²) in [6, 6.07) is 9.79. The molecule has 150 valence electrons. The fraction of sp³-hybridized carbons (Fsp3) is 0.200. The number of ether oxygens (including phenoxy) is 1. The van der Waals surface area contributed by atoms with E-state index in [9.17, 15) is 19.2 Å². The first-order chi connectivity index (χ1) is 13.7. The molecule has 2 aromatic rings. The average Bonchev–Trinajstić information content (AvgIpc) is 2.95. The zero-order chi connectivity index (χ0) is 21.3. The van der Waals surface area contributed by atoms with Crippen LogP contribution in [0, 0.1) is 0 Å². The number of hydrogen-bond donors (Lipinski definition) is 1. The summed E-state index contributed by atoms with van der Waals surface area (Å²) in [5, 5.41) is 2.93. The minimum absolute atomic E-state index is 0.153. The van der Waals surface area contributed by atoms with Gasteiger partial charge in [0.15, 0.2) is 6.10 Å². The summed E-state index contributed by atoms with van der Waals surface area (Å²) in [6.45, 7) is 2.73. The van der Waals surface area contributed by atoms with Crippen molar-refractivity contribution in [1.82, 2.24) is 4.90 Å². The van der Waals surface area contributed by atoms with E-state index in [-0.39, 0.29) is 26.9 Å². The molecule has 0 spiro atoms. The van der Waals surface area contributed by atoms with Crippen molar-refractivity contribution in [2.24, 2.45) is 0 Å². The Morgan fingerprint density at radius 1 is 0.966 bits per heavy atom. The Labute approximate surface area is 176 Å². The molecular formula is C20H16Cl2N2O5. The van der Waals surface area contributed by atoms with Crippen molar-refractivity contribution < 1.29 is 23.9 Å². The van der Waals surface area contributed by atoms with Gasteiger partial charge in [-0.2, -0.15) is 0 Å². The smallest absolute Gasteiger partial charge is 0.329 e. The van der Waals surface area contributed by atoms with E-state index < -0.39 is 35.8 Å². The molecule has 29 heavy (non-hydrogen) atoms. The average molecular weight is 435 g/mol. The highest BCUT2D eigenvalue weighted by molar-refractivity contribution is 6.44. The highest BCUT2D eigenvalue weighted by Gasteiger charge is 2.41. The normalized spacial score (nSPS) is 15.0. The van der Waals surface area contributed by atoms with Gasteiger partial charge in [0.2, 0.25) is 0 Å². The van der Waals surface area contributed by atoms with Crippen LogP contribution < -0.4 is 5.32 Å². The van der Waals surface area contributed by atoms with Crippen LogP contribution in [-0.2, 0) is 14.3 Å². The molecule has 0 fully saturated rings. The number of anilines is 1. The second-order valence-corrected chi connectivity index (χ2v) is 7.16. The van der Waals surface area contributed by atoms with Gasteiger partial charge in [0.1, 0.15) is 6.04 Å². The van der Waals surface area contributed by atoms with Crippen LogP contribution in [0.4, 0.5) is 5.69 Å². The number of benzene rings is 2. The molecule has 3 amide bonds. The van der Waals surface area contributed by atoms with E-state index in [2.05, 4.69) is 5.32 Å². The molecule has 0 saturated heterocycles. The lowest BCUT2D eigenvalue weighted by Crippen LogP contribution is -2.45. The summed E-state index contributed by atoms with van der Waals surface area (Å²) in [4.78, 5) is 50.6.